The highest BCUT2D eigenvalue weighted by Crippen LogP contribution is 2.15. The molecule has 0 bridgehead atoms. The Bertz CT molecular complexity index is 734. The van der Waals surface area contributed by atoms with Gasteiger partial charge in [0.1, 0.15) is 5.82 Å². The van der Waals surface area contributed by atoms with E-state index in [1.165, 1.54) is 6.07 Å². The van der Waals surface area contributed by atoms with Gasteiger partial charge in [0.05, 0.1) is 6.54 Å². The molecule has 120 valence electrons. The van der Waals surface area contributed by atoms with Crippen LogP contribution in [0.3, 0.4) is 0 Å². The number of aryl methyl sites for hydroxylation is 1. The average molecular weight is 379 g/mol. The van der Waals surface area contributed by atoms with Crippen LogP contribution in [-0.4, -0.2) is 18.4 Å². The summed E-state index contributed by atoms with van der Waals surface area (Å²) in [6.45, 7) is 1.72. The van der Waals surface area contributed by atoms with Gasteiger partial charge in [-0.05, 0) is 36.8 Å². The Morgan fingerprint density at radius 2 is 1.87 bits per heavy atom. The normalized spacial score (nSPS) is 10.2. The fourth-order valence-corrected chi connectivity index (χ4v) is 2.43. The minimum Gasteiger partial charge on any atom is -0.350 e. The highest BCUT2D eigenvalue weighted by atomic mass is 79.9. The molecule has 6 heteroatoms. The first-order chi connectivity index (χ1) is 11.0. The molecule has 0 unspecified atom stereocenters. The van der Waals surface area contributed by atoms with E-state index in [4.69, 9.17) is 0 Å². The number of carbonyl (C=O) groups is 2. The molecule has 2 N–H and O–H groups in total. The van der Waals surface area contributed by atoms with Crippen LogP contribution in [0.15, 0.2) is 46.9 Å². The van der Waals surface area contributed by atoms with Crippen molar-refractivity contribution in [2.24, 2.45) is 0 Å². The third-order valence-corrected chi connectivity index (χ3v) is 3.78. The highest BCUT2D eigenvalue weighted by molar-refractivity contribution is 9.10. The van der Waals surface area contributed by atoms with E-state index in [9.17, 15) is 14.0 Å². The fraction of sp³-hybridized carbons (Fsp3) is 0.176. The summed E-state index contributed by atoms with van der Waals surface area (Å²) in [5, 5.41) is 5.12. The summed E-state index contributed by atoms with van der Waals surface area (Å²) >= 11 is 3.25. The maximum Gasteiger partial charge on any atom is 0.251 e. The molecule has 0 saturated heterocycles. The van der Waals surface area contributed by atoms with Crippen LogP contribution in [-0.2, 0) is 11.3 Å². The second-order valence-corrected chi connectivity index (χ2v) is 5.93. The molecule has 4 nitrogen and oxygen atoms in total. The summed E-state index contributed by atoms with van der Waals surface area (Å²) in [6.07, 6.45) is 0. The summed E-state index contributed by atoms with van der Waals surface area (Å²) in [4.78, 5) is 23.8. The van der Waals surface area contributed by atoms with E-state index < -0.39 is 5.82 Å². The molecule has 2 aromatic carbocycles. The van der Waals surface area contributed by atoms with E-state index in [1.54, 1.807) is 24.3 Å². The number of nitrogens with one attached hydrogen (secondary N) is 2. The van der Waals surface area contributed by atoms with Crippen molar-refractivity contribution in [2.75, 3.05) is 6.54 Å². The SMILES string of the molecule is Cc1ccccc1C(=O)NCC(=O)NCc1cc(Br)ccc1F. The van der Waals surface area contributed by atoms with Crippen LogP contribution >= 0.6 is 15.9 Å². The molecular weight excluding hydrogens is 363 g/mol. The molecule has 0 saturated carbocycles. The van der Waals surface area contributed by atoms with E-state index in [2.05, 4.69) is 26.6 Å². The van der Waals surface area contributed by atoms with Gasteiger partial charge in [-0.15, -0.1) is 0 Å². The van der Waals surface area contributed by atoms with Gasteiger partial charge in [-0.2, -0.15) is 0 Å². The largest absolute Gasteiger partial charge is 0.350 e. The van der Waals surface area contributed by atoms with Crippen molar-refractivity contribution in [1.29, 1.82) is 0 Å². The first-order valence-corrected chi connectivity index (χ1v) is 7.81. The lowest BCUT2D eigenvalue weighted by molar-refractivity contribution is -0.120. The van der Waals surface area contributed by atoms with Crippen molar-refractivity contribution in [2.45, 2.75) is 13.5 Å². The lowest BCUT2D eigenvalue weighted by Gasteiger charge is -2.09. The Labute approximate surface area is 142 Å². The van der Waals surface area contributed by atoms with Gasteiger partial charge in [0.25, 0.3) is 5.91 Å². The van der Waals surface area contributed by atoms with E-state index in [-0.39, 0.29) is 24.9 Å². The summed E-state index contributed by atoms with van der Waals surface area (Å²) in [5.41, 5.74) is 1.73. The molecule has 0 heterocycles. The minimum atomic E-state index is -0.391. The maximum atomic E-state index is 13.6. The Hall–Kier alpha value is -2.21. The number of benzene rings is 2. The van der Waals surface area contributed by atoms with Gasteiger partial charge in [0.2, 0.25) is 5.91 Å². The zero-order chi connectivity index (χ0) is 16.8. The molecular formula is C17H16BrFN2O2. The maximum absolute atomic E-state index is 13.6. The van der Waals surface area contributed by atoms with E-state index >= 15 is 0 Å². The summed E-state index contributed by atoms with van der Waals surface area (Å²) in [6, 6.07) is 11.6. The van der Waals surface area contributed by atoms with Crippen LogP contribution in [0.1, 0.15) is 21.5 Å². The topological polar surface area (TPSA) is 58.2 Å². The second-order valence-electron chi connectivity index (χ2n) is 5.01. The molecule has 2 amide bonds. The Morgan fingerprint density at radius 3 is 2.61 bits per heavy atom. The number of carbonyl (C=O) groups excluding carboxylic acids is 2. The van der Waals surface area contributed by atoms with Gasteiger partial charge in [-0.3, -0.25) is 9.59 Å². The summed E-state index contributed by atoms with van der Waals surface area (Å²) in [5.74, 6) is -1.09. The molecule has 0 aliphatic carbocycles. The first-order valence-electron chi connectivity index (χ1n) is 7.02. The Morgan fingerprint density at radius 1 is 1.13 bits per heavy atom. The van der Waals surface area contributed by atoms with Gasteiger partial charge >= 0.3 is 0 Å². The molecule has 0 aliphatic heterocycles. The number of hydrogen-bond acceptors (Lipinski definition) is 2. The summed E-state index contributed by atoms with van der Waals surface area (Å²) in [7, 11) is 0. The van der Waals surface area contributed by atoms with Crippen LogP contribution in [0.2, 0.25) is 0 Å². The highest BCUT2D eigenvalue weighted by Gasteiger charge is 2.10. The van der Waals surface area contributed by atoms with Crippen molar-refractivity contribution in [1.82, 2.24) is 10.6 Å². The Balaban J connectivity index is 1.85. The molecule has 0 fully saturated rings. The predicted octanol–water partition coefficient (Wildman–Crippen LogP) is 2.94. The van der Waals surface area contributed by atoms with E-state index in [1.807, 2.05) is 19.1 Å². The predicted molar refractivity (Wildman–Crippen MR) is 89.5 cm³/mol. The fourth-order valence-electron chi connectivity index (χ4n) is 2.02. The van der Waals surface area contributed by atoms with Crippen molar-refractivity contribution >= 4 is 27.7 Å². The van der Waals surface area contributed by atoms with E-state index in [0.29, 0.717) is 11.1 Å². The van der Waals surface area contributed by atoms with Crippen LogP contribution in [0.5, 0.6) is 0 Å². The number of halogens is 2. The van der Waals surface area contributed by atoms with Crippen LogP contribution in [0.4, 0.5) is 4.39 Å². The zero-order valence-electron chi connectivity index (χ0n) is 12.5. The molecule has 0 spiro atoms. The minimum absolute atomic E-state index is 0.0599. The molecule has 0 aliphatic rings. The van der Waals surface area contributed by atoms with Gasteiger partial charge in [0, 0.05) is 22.1 Å². The first kappa shape index (κ1) is 17.1. The number of amides is 2. The summed E-state index contributed by atoms with van der Waals surface area (Å²) < 4.78 is 14.3. The van der Waals surface area contributed by atoms with Crippen molar-refractivity contribution in [3.05, 3.63) is 69.4 Å². The van der Waals surface area contributed by atoms with Crippen molar-refractivity contribution < 1.29 is 14.0 Å². The molecule has 0 radical (unpaired) electrons. The third-order valence-electron chi connectivity index (χ3n) is 3.28. The average Bonchev–Trinajstić information content (AvgIpc) is 2.54. The second kappa shape index (κ2) is 7.87. The molecule has 23 heavy (non-hydrogen) atoms. The standard InChI is InChI=1S/C17H16BrFN2O2/c1-11-4-2-3-5-14(11)17(23)21-10-16(22)20-9-12-8-13(18)6-7-15(12)19/h2-8H,9-10H2,1H3,(H,20,22)(H,21,23). The van der Waals surface area contributed by atoms with Gasteiger partial charge in [-0.25, -0.2) is 4.39 Å². The molecule has 0 aromatic heterocycles. The van der Waals surface area contributed by atoms with Crippen LogP contribution in [0.25, 0.3) is 0 Å². The van der Waals surface area contributed by atoms with Crippen molar-refractivity contribution in [3.8, 4) is 0 Å². The third kappa shape index (κ3) is 4.89. The van der Waals surface area contributed by atoms with Crippen LogP contribution < -0.4 is 10.6 Å². The zero-order valence-corrected chi connectivity index (χ0v) is 14.1. The lowest BCUT2D eigenvalue weighted by atomic mass is 10.1. The monoisotopic (exact) mass is 378 g/mol. The lowest BCUT2D eigenvalue weighted by Crippen LogP contribution is -2.37. The molecule has 2 aromatic rings. The Kier molecular flexibility index (Phi) is 5.87. The van der Waals surface area contributed by atoms with E-state index in [0.717, 1.165) is 10.0 Å². The van der Waals surface area contributed by atoms with Gasteiger partial charge in [-0.1, -0.05) is 34.1 Å². The van der Waals surface area contributed by atoms with Gasteiger partial charge < -0.3 is 10.6 Å². The smallest absolute Gasteiger partial charge is 0.251 e. The number of hydrogen-bond donors (Lipinski definition) is 2. The molecule has 2 rings (SSSR count). The van der Waals surface area contributed by atoms with Crippen LogP contribution in [0, 0.1) is 12.7 Å². The molecule has 0 atom stereocenters. The van der Waals surface area contributed by atoms with Crippen molar-refractivity contribution in [3.63, 3.8) is 0 Å². The van der Waals surface area contributed by atoms with Gasteiger partial charge in [0.15, 0.2) is 0 Å². The quantitative estimate of drug-likeness (QED) is 0.840. The number of rotatable bonds is 5.